The number of rotatable bonds is 1. The summed E-state index contributed by atoms with van der Waals surface area (Å²) in [5, 5.41) is 0. The van der Waals surface area contributed by atoms with Gasteiger partial charge in [-0.1, -0.05) is 12.2 Å². The van der Waals surface area contributed by atoms with E-state index >= 15 is 0 Å². The van der Waals surface area contributed by atoms with E-state index in [0.717, 1.165) is 20.3 Å². The van der Waals surface area contributed by atoms with Crippen molar-refractivity contribution in [2.75, 3.05) is 14.1 Å². The highest BCUT2D eigenvalue weighted by Gasteiger charge is 2.04. The summed E-state index contributed by atoms with van der Waals surface area (Å²) in [7, 11) is 3.84. The van der Waals surface area contributed by atoms with Gasteiger partial charge in [-0.2, -0.15) is 0 Å². The molecule has 4 heteroatoms. The van der Waals surface area contributed by atoms with E-state index in [1.54, 1.807) is 0 Å². The molecule has 0 aliphatic rings. The van der Waals surface area contributed by atoms with Gasteiger partial charge in [-0.25, -0.2) is 0 Å². The first-order valence-corrected chi connectivity index (χ1v) is 5.05. The lowest BCUT2D eigenvalue weighted by molar-refractivity contribution is 0.636. The molecule has 0 radical (unpaired) electrons. The van der Waals surface area contributed by atoms with Crippen LogP contribution in [0.1, 0.15) is 5.56 Å². The van der Waals surface area contributed by atoms with Crippen LogP contribution < -0.4 is 0 Å². The largest absolute Gasteiger partial charge is 0.368 e. The van der Waals surface area contributed by atoms with Crippen molar-refractivity contribution in [3.8, 4) is 0 Å². The first kappa shape index (κ1) is 10.9. The van der Waals surface area contributed by atoms with Crippen molar-refractivity contribution in [1.29, 1.82) is 0 Å². The SMILES string of the molecule is CN(C)C(=S)c1cc(S)cc(S)c1. The minimum atomic E-state index is 0.797. The van der Waals surface area contributed by atoms with Gasteiger partial charge in [0.1, 0.15) is 4.99 Å². The molecular formula is C9H11NS3. The Labute approximate surface area is 95.0 Å². The lowest BCUT2D eigenvalue weighted by atomic mass is 10.2. The molecule has 0 aromatic heterocycles. The maximum absolute atomic E-state index is 5.22. The molecule has 13 heavy (non-hydrogen) atoms. The average molecular weight is 229 g/mol. The molecule has 0 amide bonds. The van der Waals surface area contributed by atoms with Gasteiger partial charge in [0.25, 0.3) is 0 Å². The Kier molecular flexibility index (Phi) is 3.64. The van der Waals surface area contributed by atoms with Crippen LogP contribution in [0, 0.1) is 0 Å². The monoisotopic (exact) mass is 229 g/mol. The van der Waals surface area contributed by atoms with E-state index < -0.39 is 0 Å². The summed E-state index contributed by atoms with van der Waals surface area (Å²) in [6.45, 7) is 0. The Bertz CT molecular complexity index is 313. The number of hydrogen-bond donors (Lipinski definition) is 2. The topological polar surface area (TPSA) is 3.24 Å². The van der Waals surface area contributed by atoms with Crippen LogP contribution in [0.15, 0.2) is 28.0 Å². The van der Waals surface area contributed by atoms with Gasteiger partial charge < -0.3 is 4.90 Å². The fourth-order valence-electron chi connectivity index (χ4n) is 0.977. The first-order chi connectivity index (χ1) is 6.00. The van der Waals surface area contributed by atoms with Crippen molar-refractivity contribution in [3.63, 3.8) is 0 Å². The average Bonchev–Trinajstić information content (AvgIpc) is 2.01. The van der Waals surface area contributed by atoms with E-state index in [2.05, 4.69) is 25.3 Å². The normalized spacial score (nSPS) is 9.85. The van der Waals surface area contributed by atoms with E-state index in [-0.39, 0.29) is 0 Å². The predicted octanol–water partition coefficient (Wildman–Crippen LogP) is 2.50. The molecule has 0 unspecified atom stereocenters. The van der Waals surface area contributed by atoms with E-state index in [9.17, 15) is 0 Å². The van der Waals surface area contributed by atoms with Gasteiger partial charge in [0, 0.05) is 29.4 Å². The molecule has 0 spiro atoms. The molecule has 0 N–H and O–H groups in total. The van der Waals surface area contributed by atoms with Crippen molar-refractivity contribution >= 4 is 42.5 Å². The molecule has 1 aromatic carbocycles. The van der Waals surface area contributed by atoms with Gasteiger partial charge in [0.15, 0.2) is 0 Å². The highest BCUT2D eigenvalue weighted by atomic mass is 32.1. The minimum Gasteiger partial charge on any atom is -0.368 e. The van der Waals surface area contributed by atoms with Crippen molar-refractivity contribution < 1.29 is 0 Å². The van der Waals surface area contributed by atoms with Crippen LogP contribution in [-0.2, 0) is 0 Å². The molecule has 1 rings (SSSR count). The van der Waals surface area contributed by atoms with Gasteiger partial charge in [0.05, 0.1) is 0 Å². The zero-order valence-corrected chi connectivity index (χ0v) is 10.1. The standard InChI is InChI=1S/C9H11NS3/c1-10(2)9(13)6-3-7(11)5-8(12)4-6/h3-5,11-12H,1-2H3. The van der Waals surface area contributed by atoms with Crippen LogP contribution in [0.5, 0.6) is 0 Å². The predicted molar refractivity (Wildman–Crippen MR) is 66.3 cm³/mol. The molecule has 1 aromatic rings. The quantitative estimate of drug-likeness (QED) is 0.563. The second-order valence-corrected chi connectivity index (χ2v) is 4.36. The number of hydrogen-bond acceptors (Lipinski definition) is 3. The number of thiol groups is 2. The number of thiocarbonyl (C=S) groups is 1. The Balaban J connectivity index is 3.08. The molecule has 70 valence electrons. The fourth-order valence-corrected chi connectivity index (χ4v) is 1.75. The van der Waals surface area contributed by atoms with E-state index in [4.69, 9.17) is 12.2 Å². The van der Waals surface area contributed by atoms with Crippen LogP contribution in [0.3, 0.4) is 0 Å². The summed E-state index contributed by atoms with van der Waals surface area (Å²) >= 11 is 13.7. The van der Waals surface area contributed by atoms with Crippen molar-refractivity contribution in [3.05, 3.63) is 23.8 Å². The molecule has 0 saturated heterocycles. The Morgan fingerprint density at radius 3 is 2.00 bits per heavy atom. The third kappa shape index (κ3) is 2.90. The maximum atomic E-state index is 5.22. The molecular weight excluding hydrogens is 218 g/mol. The van der Waals surface area contributed by atoms with Crippen LogP contribution in [-0.4, -0.2) is 24.0 Å². The molecule has 0 aliphatic carbocycles. The maximum Gasteiger partial charge on any atom is 0.108 e. The van der Waals surface area contributed by atoms with Crippen LogP contribution in [0.25, 0.3) is 0 Å². The number of nitrogens with zero attached hydrogens (tertiary/aromatic N) is 1. The second-order valence-electron chi connectivity index (χ2n) is 2.94. The molecule has 0 atom stereocenters. The van der Waals surface area contributed by atoms with Gasteiger partial charge in [0.2, 0.25) is 0 Å². The third-order valence-electron chi connectivity index (χ3n) is 1.56. The van der Waals surface area contributed by atoms with Gasteiger partial charge in [-0.05, 0) is 18.2 Å². The Hall–Kier alpha value is -0.190. The zero-order valence-electron chi connectivity index (χ0n) is 7.48. The third-order valence-corrected chi connectivity index (χ3v) is 2.67. The van der Waals surface area contributed by atoms with Crippen molar-refractivity contribution in [2.45, 2.75) is 9.79 Å². The lowest BCUT2D eigenvalue weighted by Crippen LogP contribution is -2.20. The Morgan fingerprint density at radius 2 is 1.62 bits per heavy atom. The van der Waals surface area contributed by atoms with Crippen molar-refractivity contribution in [1.82, 2.24) is 4.90 Å². The second kappa shape index (κ2) is 4.35. The van der Waals surface area contributed by atoms with Crippen molar-refractivity contribution in [2.24, 2.45) is 0 Å². The smallest absolute Gasteiger partial charge is 0.108 e. The highest BCUT2D eigenvalue weighted by Crippen LogP contribution is 2.17. The van der Waals surface area contributed by atoms with E-state index in [1.165, 1.54) is 0 Å². The van der Waals surface area contributed by atoms with Gasteiger partial charge >= 0.3 is 0 Å². The summed E-state index contributed by atoms with van der Waals surface area (Å²) in [5.41, 5.74) is 0.984. The van der Waals surface area contributed by atoms with Crippen LogP contribution in [0.2, 0.25) is 0 Å². The molecule has 0 heterocycles. The summed E-state index contributed by atoms with van der Waals surface area (Å²) in [6, 6.07) is 5.75. The molecule has 1 nitrogen and oxygen atoms in total. The minimum absolute atomic E-state index is 0.797. The van der Waals surface area contributed by atoms with Gasteiger partial charge in [-0.15, -0.1) is 25.3 Å². The summed E-state index contributed by atoms with van der Waals surface area (Å²) in [4.78, 5) is 4.45. The van der Waals surface area contributed by atoms with E-state index in [1.807, 2.05) is 37.2 Å². The van der Waals surface area contributed by atoms with Gasteiger partial charge in [-0.3, -0.25) is 0 Å². The summed E-state index contributed by atoms with van der Waals surface area (Å²) in [6.07, 6.45) is 0. The Morgan fingerprint density at radius 1 is 1.15 bits per heavy atom. The van der Waals surface area contributed by atoms with E-state index in [0.29, 0.717) is 0 Å². The fraction of sp³-hybridized carbons (Fsp3) is 0.222. The molecule has 0 aliphatic heterocycles. The summed E-state index contributed by atoms with van der Waals surface area (Å²) < 4.78 is 0. The number of benzene rings is 1. The zero-order chi connectivity index (χ0) is 10.0. The highest BCUT2D eigenvalue weighted by molar-refractivity contribution is 7.81. The summed E-state index contributed by atoms with van der Waals surface area (Å²) in [5.74, 6) is 0. The molecule has 0 fully saturated rings. The lowest BCUT2D eigenvalue weighted by Gasteiger charge is -2.14. The first-order valence-electron chi connectivity index (χ1n) is 3.75. The van der Waals surface area contributed by atoms with Crippen LogP contribution in [0.4, 0.5) is 0 Å². The van der Waals surface area contributed by atoms with Crippen LogP contribution >= 0.6 is 37.5 Å². The molecule has 0 bridgehead atoms. The molecule has 0 saturated carbocycles.